The van der Waals surface area contributed by atoms with Crippen molar-refractivity contribution in [3.05, 3.63) is 35.9 Å². The van der Waals surface area contributed by atoms with E-state index in [1.165, 1.54) is 12.0 Å². The SMILES string of the molecule is COC(=O)[C@]12CO[C@H](C(C)(C)C)N1C(=O)C(c1ccccc1)C2=O. The number of amides is 1. The lowest BCUT2D eigenvalue weighted by atomic mass is 9.87. The molecule has 0 spiro atoms. The average molecular weight is 331 g/mol. The molecule has 128 valence electrons. The minimum atomic E-state index is -1.69. The van der Waals surface area contributed by atoms with Crippen LogP contribution in [-0.4, -0.2) is 48.0 Å². The third-order valence-electron chi connectivity index (χ3n) is 4.65. The number of ether oxygens (including phenoxy) is 2. The van der Waals surface area contributed by atoms with E-state index in [-0.39, 0.29) is 6.61 Å². The van der Waals surface area contributed by atoms with E-state index in [9.17, 15) is 14.4 Å². The number of ketones is 1. The lowest BCUT2D eigenvalue weighted by Gasteiger charge is -2.35. The van der Waals surface area contributed by atoms with Crippen LogP contribution >= 0.6 is 0 Å². The van der Waals surface area contributed by atoms with Gasteiger partial charge in [0.25, 0.3) is 0 Å². The van der Waals surface area contributed by atoms with Crippen LogP contribution in [0.4, 0.5) is 0 Å². The Hall–Kier alpha value is -2.21. The molecule has 1 aromatic carbocycles. The number of hydrogen-bond donors (Lipinski definition) is 0. The number of hydrogen-bond acceptors (Lipinski definition) is 5. The highest BCUT2D eigenvalue weighted by atomic mass is 16.6. The number of rotatable bonds is 2. The predicted octanol–water partition coefficient (Wildman–Crippen LogP) is 1.50. The van der Waals surface area contributed by atoms with E-state index in [0.29, 0.717) is 5.56 Å². The second-order valence-corrected chi connectivity index (χ2v) is 7.30. The van der Waals surface area contributed by atoms with Crippen LogP contribution in [0.25, 0.3) is 0 Å². The van der Waals surface area contributed by atoms with Gasteiger partial charge in [-0.25, -0.2) is 4.79 Å². The number of carbonyl (C=O) groups is 3. The van der Waals surface area contributed by atoms with Crippen LogP contribution in [0.15, 0.2) is 30.3 Å². The fourth-order valence-electron chi connectivity index (χ4n) is 3.53. The van der Waals surface area contributed by atoms with Crippen molar-refractivity contribution in [1.29, 1.82) is 0 Å². The number of methoxy groups -OCH3 is 1. The van der Waals surface area contributed by atoms with Crippen molar-refractivity contribution in [2.45, 2.75) is 38.5 Å². The predicted molar refractivity (Wildman–Crippen MR) is 85.0 cm³/mol. The minimum absolute atomic E-state index is 0.171. The summed E-state index contributed by atoms with van der Waals surface area (Å²) in [6.07, 6.45) is -0.665. The fourth-order valence-corrected chi connectivity index (χ4v) is 3.53. The van der Waals surface area contributed by atoms with Gasteiger partial charge in [-0.3, -0.25) is 14.5 Å². The number of nitrogens with zero attached hydrogens (tertiary/aromatic N) is 1. The normalized spacial score (nSPS) is 29.8. The molecular weight excluding hydrogens is 310 g/mol. The standard InChI is InChI=1S/C18H21NO5/c1-17(2,3)15-19-14(21)12(11-8-6-5-7-9-11)13(20)18(19,10-24-15)16(22)23-4/h5-9,12,15H,10H2,1-4H3/t12?,15-,18-/m1/s1. The van der Waals surface area contributed by atoms with Crippen molar-refractivity contribution in [2.24, 2.45) is 5.41 Å². The molecule has 2 heterocycles. The summed E-state index contributed by atoms with van der Waals surface area (Å²) in [6.45, 7) is 5.53. The van der Waals surface area contributed by atoms with Crippen LogP contribution in [0, 0.1) is 5.41 Å². The molecule has 2 fully saturated rings. The van der Waals surface area contributed by atoms with Crippen molar-refractivity contribution >= 4 is 17.7 Å². The Morgan fingerprint density at radius 3 is 2.42 bits per heavy atom. The monoisotopic (exact) mass is 331 g/mol. The van der Waals surface area contributed by atoms with Gasteiger partial charge in [0.1, 0.15) is 12.1 Å². The van der Waals surface area contributed by atoms with Crippen molar-refractivity contribution < 1.29 is 23.9 Å². The molecule has 6 heteroatoms. The topological polar surface area (TPSA) is 72.9 Å². The maximum Gasteiger partial charge on any atom is 0.342 e. The van der Waals surface area contributed by atoms with Crippen LogP contribution in [0.2, 0.25) is 0 Å². The van der Waals surface area contributed by atoms with Gasteiger partial charge in [-0.1, -0.05) is 51.1 Å². The maximum absolute atomic E-state index is 13.1. The Balaban J connectivity index is 2.14. The molecule has 1 aromatic rings. The van der Waals surface area contributed by atoms with Gasteiger partial charge >= 0.3 is 5.97 Å². The van der Waals surface area contributed by atoms with Gasteiger partial charge in [-0.15, -0.1) is 0 Å². The van der Waals surface area contributed by atoms with Crippen molar-refractivity contribution in [2.75, 3.05) is 13.7 Å². The van der Waals surface area contributed by atoms with Crippen LogP contribution in [0.3, 0.4) is 0 Å². The highest BCUT2D eigenvalue weighted by Gasteiger charge is 2.70. The van der Waals surface area contributed by atoms with Gasteiger partial charge in [0.2, 0.25) is 11.4 Å². The molecule has 0 aromatic heterocycles. The smallest absolute Gasteiger partial charge is 0.342 e. The van der Waals surface area contributed by atoms with Gasteiger partial charge in [0.05, 0.1) is 13.7 Å². The number of Topliss-reactive ketones (excluding diaryl/α,β-unsaturated/α-hetero) is 1. The molecule has 6 nitrogen and oxygen atoms in total. The average Bonchev–Trinajstić information content (AvgIpc) is 3.04. The summed E-state index contributed by atoms with van der Waals surface area (Å²) in [5.74, 6) is -2.63. The molecule has 2 aliphatic heterocycles. The minimum Gasteiger partial charge on any atom is -0.467 e. The van der Waals surface area contributed by atoms with Gasteiger partial charge in [0.15, 0.2) is 5.78 Å². The largest absolute Gasteiger partial charge is 0.467 e. The third kappa shape index (κ3) is 2.09. The molecule has 3 rings (SSSR count). The molecule has 0 aliphatic carbocycles. The van der Waals surface area contributed by atoms with Crippen molar-refractivity contribution in [3.8, 4) is 0 Å². The van der Waals surface area contributed by atoms with E-state index < -0.39 is 40.8 Å². The summed E-state index contributed by atoms with van der Waals surface area (Å²) in [7, 11) is 1.22. The first-order valence-electron chi connectivity index (χ1n) is 7.87. The lowest BCUT2D eigenvalue weighted by Crippen LogP contribution is -2.57. The van der Waals surface area contributed by atoms with E-state index in [1.807, 2.05) is 26.8 Å². The molecule has 1 amide bonds. The summed E-state index contributed by atoms with van der Waals surface area (Å²) >= 11 is 0. The van der Waals surface area contributed by atoms with E-state index in [2.05, 4.69) is 0 Å². The molecule has 1 unspecified atom stereocenters. The quantitative estimate of drug-likeness (QED) is 0.606. The first-order chi connectivity index (χ1) is 11.2. The van der Waals surface area contributed by atoms with Crippen molar-refractivity contribution in [1.82, 2.24) is 4.90 Å². The van der Waals surface area contributed by atoms with Crippen LogP contribution in [0.1, 0.15) is 32.3 Å². The Kier molecular flexibility index (Phi) is 3.75. The third-order valence-corrected chi connectivity index (χ3v) is 4.65. The zero-order valence-electron chi connectivity index (χ0n) is 14.2. The molecule has 2 aliphatic rings. The van der Waals surface area contributed by atoms with Crippen molar-refractivity contribution in [3.63, 3.8) is 0 Å². The van der Waals surface area contributed by atoms with Crippen LogP contribution in [0.5, 0.6) is 0 Å². The second kappa shape index (κ2) is 5.41. The molecule has 0 radical (unpaired) electrons. The molecule has 24 heavy (non-hydrogen) atoms. The lowest BCUT2D eigenvalue weighted by molar-refractivity contribution is -0.160. The molecular formula is C18H21NO5. The Bertz CT molecular complexity index is 693. The maximum atomic E-state index is 13.1. The molecule has 0 bridgehead atoms. The molecule has 0 saturated carbocycles. The number of benzene rings is 1. The molecule has 3 atom stereocenters. The Morgan fingerprint density at radius 1 is 1.25 bits per heavy atom. The number of esters is 1. The summed E-state index contributed by atoms with van der Waals surface area (Å²) in [5.41, 5.74) is -1.56. The van der Waals surface area contributed by atoms with Gasteiger partial charge in [-0.2, -0.15) is 0 Å². The Morgan fingerprint density at radius 2 is 1.88 bits per heavy atom. The van der Waals surface area contributed by atoms with Gasteiger partial charge in [-0.05, 0) is 5.56 Å². The molecule has 0 N–H and O–H groups in total. The van der Waals surface area contributed by atoms with Crippen LogP contribution in [-0.2, 0) is 23.9 Å². The summed E-state index contributed by atoms with van der Waals surface area (Å²) < 4.78 is 10.6. The summed E-state index contributed by atoms with van der Waals surface area (Å²) in [4.78, 5) is 40.1. The zero-order valence-corrected chi connectivity index (χ0v) is 14.2. The fraction of sp³-hybridized carbons (Fsp3) is 0.500. The first-order valence-corrected chi connectivity index (χ1v) is 7.87. The van der Waals surface area contributed by atoms with E-state index in [1.54, 1.807) is 24.3 Å². The molecule has 2 saturated heterocycles. The Labute approximate surface area is 140 Å². The second-order valence-electron chi connectivity index (χ2n) is 7.30. The zero-order chi connectivity index (χ0) is 17.7. The van der Waals surface area contributed by atoms with Gasteiger partial charge in [0, 0.05) is 5.41 Å². The highest BCUT2D eigenvalue weighted by Crippen LogP contribution is 2.47. The van der Waals surface area contributed by atoms with E-state index in [4.69, 9.17) is 9.47 Å². The summed E-state index contributed by atoms with van der Waals surface area (Å²) in [6, 6.07) is 8.79. The number of carbonyl (C=O) groups excluding carboxylic acids is 3. The summed E-state index contributed by atoms with van der Waals surface area (Å²) in [5, 5.41) is 0. The van der Waals surface area contributed by atoms with E-state index in [0.717, 1.165) is 0 Å². The van der Waals surface area contributed by atoms with Crippen LogP contribution < -0.4 is 0 Å². The van der Waals surface area contributed by atoms with E-state index >= 15 is 0 Å². The first kappa shape index (κ1) is 16.6. The number of fused-ring (bicyclic) bond motifs is 1. The highest BCUT2D eigenvalue weighted by molar-refractivity contribution is 6.26. The van der Waals surface area contributed by atoms with Gasteiger partial charge < -0.3 is 9.47 Å².